The molecule has 1 aliphatic rings. The SMILES string of the molecule is C[C@H](Nc1nc(Cl)nc2c1ncn2[C@@H]1O[C@H](CCP(=O)(O)CP(=O)(O)O)C(O)[C@@H]1O)c1ccc(F)cc1.S. The van der Waals surface area contributed by atoms with Crippen LogP contribution in [0.1, 0.15) is 31.2 Å². The molecule has 1 aliphatic heterocycles. The summed E-state index contributed by atoms with van der Waals surface area (Å²) in [7, 11) is -8.93. The second kappa shape index (κ2) is 11.8. The largest absolute Gasteiger partial charge is 0.388 e. The Morgan fingerprint density at radius 1 is 1.16 bits per heavy atom. The van der Waals surface area contributed by atoms with Crippen LogP contribution in [-0.2, 0) is 13.9 Å². The Hall–Kier alpha value is -1.64. The number of benzene rings is 1. The van der Waals surface area contributed by atoms with Crippen molar-refractivity contribution in [3.05, 3.63) is 47.3 Å². The van der Waals surface area contributed by atoms with Crippen LogP contribution in [0.15, 0.2) is 30.6 Å². The molecule has 13 nitrogen and oxygen atoms in total. The molecule has 0 amide bonds. The number of halogens is 2. The zero-order valence-corrected chi connectivity index (χ0v) is 23.3. The van der Waals surface area contributed by atoms with Crippen molar-refractivity contribution in [1.82, 2.24) is 19.5 Å². The van der Waals surface area contributed by atoms with Gasteiger partial charge < -0.3 is 34.9 Å². The minimum atomic E-state index is -4.72. The van der Waals surface area contributed by atoms with Crippen LogP contribution in [0.5, 0.6) is 0 Å². The van der Waals surface area contributed by atoms with Gasteiger partial charge in [-0.25, -0.2) is 9.37 Å². The summed E-state index contributed by atoms with van der Waals surface area (Å²) < 4.78 is 43.6. The van der Waals surface area contributed by atoms with Crippen LogP contribution >= 0.6 is 40.1 Å². The Kier molecular flexibility index (Phi) is 9.63. The van der Waals surface area contributed by atoms with Gasteiger partial charge in [-0.1, -0.05) is 12.1 Å². The summed E-state index contributed by atoms with van der Waals surface area (Å²) in [6, 6.07) is 5.56. The zero-order chi connectivity index (χ0) is 27.1. The van der Waals surface area contributed by atoms with Crippen LogP contribution in [0.25, 0.3) is 11.2 Å². The van der Waals surface area contributed by atoms with Crippen molar-refractivity contribution >= 4 is 57.0 Å². The molecule has 2 aromatic heterocycles. The first-order chi connectivity index (χ1) is 17.2. The first-order valence-corrected chi connectivity index (χ1v) is 15.2. The molecule has 0 spiro atoms. The highest BCUT2D eigenvalue weighted by Gasteiger charge is 2.45. The molecule has 0 saturated carbocycles. The lowest BCUT2D eigenvalue weighted by atomic mass is 10.1. The van der Waals surface area contributed by atoms with Gasteiger partial charge in [0.05, 0.1) is 18.5 Å². The summed E-state index contributed by atoms with van der Waals surface area (Å²) >= 11 is 6.13. The van der Waals surface area contributed by atoms with Gasteiger partial charge in [0.15, 0.2) is 23.2 Å². The first-order valence-electron chi connectivity index (χ1n) is 11.0. The summed E-state index contributed by atoms with van der Waals surface area (Å²) in [5.41, 5.74) is 1.21. The van der Waals surface area contributed by atoms with Crippen molar-refractivity contribution in [2.45, 2.75) is 43.9 Å². The monoisotopic (exact) mass is 613 g/mol. The maximum Gasteiger partial charge on any atom is 0.335 e. The number of anilines is 1. The van der Waals surface area contributed by atoms with Gasteiger partial charge in [0, 0.05) is 6.16 Å². The number of nitrogens with one attached hydrogen (secondary N) is 1. The van der Waals surface area contributed by atoms with Crippen LogP contribution in [0.4, 0.5) is 10.2 Å². The number of imidazole rings is 1. The lowest BCUT2D eigenvalue weighted by Gasteiger charge is -2.18. The third kappa shape index (κ3) is 7.11. The van der Waals surface area contributed by atoms with Crippen LogP contribution in [0.2, 0.25) is 5.28 Å². The Morgan fingerprint density at radius 2 is 1.82 bits per heavy atom. The standard InChI is InChI=1S/C20H25ClFN5O8P2.H2S/c1-10(11-2-4-12(22)5-3-11)24-17-14-18(26-20(21)25-17)27(8-23-14)19-16(29)15(28)13(35-19)6-7-36(30,31)9-37(32,33)34;/h2-5,8,10,13,15-16,19,28-29H,6-7,9H2,1H3,(H,30,31)(H,24,25,26)(H2,32,33,34);1H2/t10-,13+,15?,16-,19+;/m0./s1. The molecular formula is C20H27ClFN5O8P2S. The van der Waals surface area contributed by atoms with Crippen LogP contribution in [0.3, 0.4) is 0 Å². The topological polar surface area (TPSA) is 200 Å². The molecule has 1 fully saturated rings. The highest BCUT2D eigenvalue weighted by atomic mass is 35.5. The second-order valence-corrected chi connectivity index (χ2v) is 13.7. The predicted octanol–water partition coefficient (Wildman–Crippen LogP) is 2.32. The summed E-state index contributed by atoms with van der Waals surface area (Å²) in [6.07, 6.45) is -4.73. The van der Waals surface area contributed by atoms with Gasteiger partial charge in [0.25, 0.3) is 0 Å². The van der Waals surface area contributed by atoms with Crippen molar-refractivity contribution in [2.75, 3.05) is 17.4 Å². The Morgan fingerprint density at radius 3 is 2.45 bits per heavy atom. The molecule has 210 valence electrons. The molecule has 18 heteroatoms. The lowest BCUT2D eigenvalue weighted by molar-refractivity contribution is -0.0354. The number of nitrogens with zero attached hydrogens (tertiary/aromatic N) is 4. The van der Waals surface area contributed by atoms with Gasteiger partial charge in [-0.2, -0.15) is 23.5 Å². The Balaban J connectivity index is 0.00000400. The van der Waals surface area contributed by atoms with Gasteiger partial charge in [0.2, 0.25) is 12.7 Å². The normalized spacial score (nSPS) is 24.1. The minimum absolute atomic E-state index is 0. The van der Waals surface area contributed by atoms with E-state index in [4.69, 9.17) is 26.1 Å². The van der Waals surface area contributed by atoms with Crippen molar-refractivity contribution in [2.24, 2.45) is 0 Å². The van der Waals surface area contributed by atoms with Crippen molar-refractivity contribution in [1.29, 1.82) is 0 Å². The van der Waals surface area contributed by atoms with E-state index in [1.54, 1.807) is 12.1 Å². The predicted molar refractivity (Wildman–Crippen MR) is 141 cm³/mol. The van der Waals surface area contributed by atoms with Crippen molar-refractivity contribution in [3.63, 3.8) is 0 Å². The summed E-state index contributed by atoms with van der Waals surface area (Å²) in [5, 5.41) is 24.1. The number of aliphatic hydroxyl groups is 2. The maximum atomic E-state index is 13.3. The summed E-state index contributed by atoms with van der Waals surface area (Å²) in [6.45, 7) is 1.82. The quantitative estimate of drug-likeness (QED) is 0.152. The fraction of sp³-hybridized carbons (Fsp3) is 0.450. The molecule has 0 bridgehead atoms. The summed E-state index contributed by atoms with van der Waals surface area (Å²) in [4.78, 5) is 40.5. The molecule has 0 radical (unpaired) electrons. The first kappa shape index (κ1) is 30.9. The number of fused-ring (bicyclic) bond motifs is 1. The molecular weight excluding hydrogens is 587 g/mol. The number of aliphatic hydroxyl groups excluding tert-OH is 2. The molecule has 4 rings (SSSR count). The van der Waals surface area contributed by atoms with Gasteiger partial charge in [-0.3, -0.25) is 13.7 Å². The molecule has 2 unspecified atom stereocenters. The molecule has 38 heavy (non-hydrogen) atoms. The maximum absolute atomic E-state index is 13.3. The molecule has 3 heterocycles. The van der Waals surface area contributed by atoms with Gasteiger partial charge in [0.1, 0.15) is 23.9 Å². The third-order valence-electron chi connectivity index (χ3n) is 5.90. The average Bonchev–Trinajstić information content (AvgIpc) is 3.32. The molecule has 0 aliphatic carbocycles. The number of rotatable bonds is 9. The fourth-order valence-electron chi connectivity index (χ4n) is 4.10. The lowest BCUT2D eigenvalue weighted by Crippen LogP contribution is -2.32. The number of ether oxygens (including phenoxy) is 1. The molecule has 1 saturated heterocycles. The number of hydrogen-bond acceptors (Lipinski definition) is 9. The van der Waals surface area contributed by atoms with Crippen LogP contribution in [-0.4, -0.2) is 74.8 Å². The van der Waals surface area contributed by atoms with Crippen molar-refractivity contribution < 1.29 is 43.2 Å². The highest BCUT2D eigenvalue weighted by molar-refractivity contribution is 7.72. The Bertz CT molecular complexity index is 1380. The van der Waals surface area contributed by atoms with E-state index in [-0.39, 0.29) is 54.0 Å². The molecule has 6 N–H and O–H groups in total. The molecule has 3 aromatic rings. The zero-order valence-electron chi connectivity index (χ0n) is 19.8. The van der Waals surface area contributed by atoms with E-state index in [0.717, 1.165) is 5.56 Å². The van der Waals surface area contributed by atoms with Gasteiger partial charge in [-0.15, -0.1) is 0 Å². The van der Waals surface area contributed by atoms with E-state index >= 15 is 0 Å². The smallest absolute Gasteiger partial charge is 0.335 e. The number of hydrogen-bond donors (Lipinski definition) is 6. The van der Waals surface area contributed by atoms with Crippen LogP contribution in [0, 0.1) is 5.82 Å². The summed E-state index contributed by atoms with van der Waals surface area (Å²) in [5.74, 6) is -1.31. The fourth-order valence-corrected chi connectivity index (χ4v) is 7.79. The van der Waals surface area contributed by atoms with Gasteiger partial charge in [-0.05, 0) is 42.6 Å². The van der Waals surface area contributed by atoms with Crippen LogP contribution < -0.4 is 5.32 Å². The third-order valence-corrected chi connectivity index (χ3v) is 10.3. The van der Waals surface area contributed by atoms with Crippen molar-refractivity contribution in [3.8, 4) is 0 Å². The second-order valence-electron chi connectivity index (χ2n) is 8.79. The van der Waals surface area contributed by atoms with E-state index in [0.29, 0.717) is 0 Å². The van der Waals surface area contributed by atoms with E-state index in [1.165, 1.54) is 23.0 Å². The molecule has 1 aromatic carbocycles. The van der Waals surface area contributed by atoms with E-state index in [9.17, 15) is 28.6 Å². The molecule has 6 atom stereocenters. The Labute approximate surface area is 228 Å². The minimum Gasteiger partial charge on any atom is -0.388 e. The average molecular weight is 614 g/mol. The van der Waals surface area contributed by atoms with Gasteiger partial charge >= 0.3 is 7.60 Å². The van der Waals surface area contributed by atoms with E-state index in [2.05, 4.69) is 20.3 Å². The highest BCUT2D eigenvalue weighted by Crippen LogP contribution is 2.55. The van der Waals surface area contributed by atoms with E-state index in [1.807, 2.05) is 6.92 Å². The number of aromatic nitrogens is 4. The van der Waals surface area contributed by atoms with E-state index < -0.39 is 51.6 Å².